The van der Waals surface area contributed by atoms with E-state index in [1.165, 1.54) is 12.8 Å². The van der Waals surface area contributed by atoms with E-state index in [1.807, 2.05) is 58.0 Å². The molecule has 1 aliphatic heterocycles. The Morgan fingerprint density at radius 1 is 1.04 bits per heavy atom. The Morgan fingerprint density at radius 3 is 2.27 bits per heavy atom. The molecule has 0 aliphatic carbocycles. The van der Waals surface area contributed by atoms with Crippen molar-refractivity contribution >= 4 is 28.9 Å². The summed E-state index contributed by atoms with van der Waals surface area (Å²) in [6.45, 7) is 9.71. The van der Waals surface area contributed by atoms with Crippen molar-refractivity contribution < 1.29 is 4.79 Å². The van der Waals surface area contributed by atoms with Crippen LogP contribution in [0.3, 0.4) is 0 Å². The predicted molar refractivity (Wildman–Crippen MR) is 106 cm³/mol. The molecule has 1 fully saturated rings. The van der Waals surface area contributed by atoms with Gasteiger partial charge in [-0.3, -0.25) is 4.79 Å². The molecule has 6 nitrogen and oxygen atoms in total. The Balaban J connectivity index is 1.70. The molecule has 6 heteroatoms. The van der Waals surface area contributed by atoms with Crippen LogP contribution >= 0.6 is 0 Å². The number of hydrogen-bond acceptors (Lipinski definition) is 5. The number of amides is 1. The van der Waals surface area contributed by atoms with Crippen LogP contribution in [-0.2, 0) is 4.79 Å². The Morgan fingerprint density at radius 2 is 1.65 bits per heavy atom. The van der Waals surface area contributed by atoms with Crippen molar-refractivity contribution in [3.05, 3.63) is 36.2 Å². The highest BCUT2D eigenvalue weighted by molar-refractivity contribution is 5.94. The van der Waals surface area contributed by atoms with Crippen LogP contribution in [-0.4, -0.2) is 29.0 Å². The summed E-state index contributed by atoms with van der Waals surface area (Å²) < 4.78 is 0. The third-order valence-corrected chi connectivity index (χ3v) is 4.35. The van der Waals surface area contributed by atoms with Gasteiger partial charge in [-0.1, -0.05) is 20.8 Å². The number of carbonyl (C=O) groups is 1. The number of nitrogens with one attached hydrogen (secondary N) is 2. The number of nitrogens with zero attached hydrogens (tertiary/aromatic N) is 3. The number of benzene rings is 1. The number of hydrogen-bond donors (Lipinski definition) is 2. The van der Waals surface area contributed by atoms with Gasteiger partial charge in [0.25, 0.3) is 0 Å². The molecule has 0 saturated carbocycles. The minimum atomic E-state index is -0.415. The first-order valence-corrected chi connectivity index (χ1v) is 9.10. The molecular formula is C20H27N5O. The zero-order valence-electron chi connectivity index (χ0n) is 16.0. The highest BCUT2D eigenvalue weighted by atomic mass is 16.2. The lowest BCUT2D eigenvalue weighted by Gasteiger charge is -2.18. The maximum Gasteiger partial charge on any atom is 0.229 e. The summed E-state index contributed by atoms with van der Waals surface area (Å²) in [6.07, 6.45) is 2.43. The molecule has 1 amide bonds. The molecule has 3 rings (SSSR count). The van der Waals surface area contributed by atoms with Gasteiger partial charge in [-0.15, -0.1) is 0 Å². The number of carbonyl (C=O) groups excluding carboxylic acids is 1. The van der Waals surface area contributed by atoms with E-state index >= 15 is 0 Å². The summed E-state index contributed by atoms with van der Waals surface area (Å²) in [6, 6.07) is 9.65. The van der Waals surface area contributed by atoms with Gasteiger partial charge in [0.15, 0.2) is 0 Å². The van der Waals surface area contributed by atoms with E-state index in [0.29, 0.717) is 0 Å². The number of rotatable bonds is 4. The van der Waals surface area contributed by atoms with Crippen LogP contribution in [0.25, 0.3) is 0 Å². The maximum absolute atomic E-state index is 12.1. The molecular weight excluding hydrogens is 326 g/mol. The van der Waals surface area contributed by atoms with Crippen LogP contribution in [0.15, 0.2) is 30.3 Å². The van der Waals surface area contributed by atoms with Gasteiger partial charge in [0.05, 0.1) is 0 Å². The molecule has 0 unspecified atom stereocenters. The summed E-state index contributed by atoms with van der Waals surface area (Å²) in [7, 11) is 0. The van der Waals surface area contributed by atoms with E-state index in [-0.39, 0.29) is 5.91 Å². The smallest absolute Gasteiger partial charge is 0.229 e. The third kappa shape index (κ3) is 4.50. The summed E-state index contributed by atoms with van der Waals surface area (Å²) >= 11 is 0. The summed E-state index contributed by atoms with van der Waals surface area (Å²) in [5.74, 6) is 2.52. The Hall–Kier alpha value is -2.63. The van der Waals surface area contributed by atoms with Gasteiger partial charge in [0.2, 0.25) is 5.91 Å². The van der Waals surface area contributed by atoms with Crippen molar-refractivity contribution in [2.45, 2.75) is 40.5 Å². The van der Waals surface area contributed by atoms with Crippen molar-refractivity contribution in [3.8, 4) is 0 Å². The average molecular weight is 353 g/mol. The van der Waals surface area contributed by atoms with E-state index in [4.69, 9.17) is 0 Å². The molecule has 1 aliphatic rings. The largest absolute Gasteiger partial charge is 0.356 e. The molecule has 2 N–H and O–H groups in total. The van der Waals surface area contributed by atoms with Crippen LogP contribution in [0.5, 0.6) is 0 Å². The Labute approximate surface area is 155 Å². The highest BCUT2D eigenvalue weighted by Gasteiger charge is 2.21. The minimum absolute atomic E-state index is 0.000102. The van der Waals surface area contributed by atoms with Crippen molar-refractivity contribution in [2.75, 3.05) is 28.6 Å². The second-order valence-electron chi connectivity index (χ2n) is 7.76. The average Bonchev–Trinajstić information content (AvgIpc) is 3.10. The number of aromatic nitrogens is 2. The number of aryl methyl sites for hydroxylation is 1. The molecule has 2 aromatic rings. The van der Waals surface area contributed by atoms with Crippen molar-refractivity contribution in [1.29, 1.82) is 0 Å². The first-order chi connectivity index (χ1) is 12.3. The summed E-state index contributed by atoms with van der Waals surface area (Å²) in [5.41, 5.74) is 1.29. The zero-order chi connectivity index (χ0) is 18.7. The fourth-order valence-electron chi connectivity index (χ4n) is 2.83. The first-order valence-electron chi connectivity index (χ1n) is 9.10. The fourth-order valence-corrected chi connectivity index (χ4v) is 2.83. The Kier molecular flexibility index (Phi) is 5.11. The second kappa shape index (κ2) is 7.32. The second-order valence-corrected chi connectivity index (χ2v) is 7.76. The van der Waals surface area contributed by atoms with Gasteiger partial charge < -0.3 is 15.5 Å². The van der Waals surface area contributed by atoms with E-state index in [1.54, 1.807) is 0 Å². The normalized spacial score (nSPS) is 14.4. The lowest BCUT2D eigenvalue weighted by atomic mass is 9.95. The van der Waals surface area contributed by atoms with Gasteiger partial charge >= 0.3 is 0 Å². The topological polar surface area (TPSA) is 70.2 Å². The van der Waals surface area contributed by atoms with Gasteiger partial charge in [0, 0.05) is 35.9 Å². The highest BCUT2D eigenvalue weighted by Crippen LogP contribution is 2.24. The molecule has 1 saturated heterocycles. The monoisotopic (exact) mass is 353 g/mol. The molecule has 0 radical (unpaired) electrons. The number of anilines is 4. The van der Waals surface area contributed by atoms with Crippen molar-refractivity contribution in [2.24, 2.45) is 5.41 Å². The maximum atomic E-state index is 12.1. The van der Waals surface area contributed by atoms with Crippen molar-refractivity contribution in [3.63, 3.8) is 0 Å². The summed E-state index contributed by atoms with van der Waals surface area (Å²) in [4.78, 5) is 23.4. The predicted octanol–water partition coefficient (Wildman–Crippen LogP) is 4.11. The summed E-state index contributed by atoms with van der Waals surface area (Å²) in [5, 5.41) is 6.26. The van der Waals surface area contributed by atoms with Crippen LogP contribution in [0.2, 0.25) is 0 Å². The van der Waals surface area contributed by atoms with Crippen LogP contribution in [0.1, 0.15) is 39.4 Å². The first kappa shape index (κ1) is 18.2. The Bertz CT molecular complexity index is 774. The molecule has 1 aromatic carbocycles. The van der Waals surface area contributed by atoms with E-state index in [0.717, 1.165) is 41.9 Å². The fraction of sp³-hybridized carbons (Fsp3) is 0.450. The lowest BCUT2D eigenvalue weighted by molar-refractivity contribution is -0.123. The third-order valence-electron chi connectivity index (χ3n) is 4.35. The standard InChI is InChI=1S/C20H27N5O/c1-14-21-17(13-18(22-14)25-11-5-6-12-25)23-15-7-9-16(10-8-15)24-19(26)20(2,3)4/h7-10,13H,5-6,11-12H2,1-4H3,(H,24,26)(H,21,22,23). The molecule has 138 valence electrons. The van der Waals surface area contributed by atoms with Gasteiger partial charge in [-0.05, 0) is 44.0 Å². The van der Waals surface area contributed by atoms with Crippen LogP contribution in [0.4, 0.5) is 23.0 Å². The minimum Gasteiger partial charge on any atom is -0.356 e. The molecule has 2 heterocycles. The molecule has 0 atom stereocenters. The van der Waals surface area contributed by atoms with Crippen molar-refractivity contribution in [1.82, 2.24) is 9.97 Å². The van der Waals surface area contributed by atoms with Gasteiger partial charge in [0.1, 0.15) is 17.5 Å². The van der Waals surface area contributed by atoms with Gasteiger partial charge in [-0.25, -0.2) is 9.97 Å². The van der Waals surface area contributed by atoms with E-state index in [2.05, 4.69) is 25.5 Å². The molecule has 0 spiro atoms. The molecule has 1 aromatic heterocycles. The van der Waals surface area contributed by atoms with Crippen LogP contribution in [0, 0.1) is 12.3 Å². The quantitative estimate of drug-likeness (QED) is 0.865. The SMILES string of the molecule is Cc1nc(Nc2ccc(NC(=O)C(C)(C)C)cc2)cc(N2CCCC2)n1. The van der Waals surface area contributed by atoms with E-state index < -0.39 is 5.41 Å². The molecule has 26 heavy (non-hydrogen) atoms. The zero-order valence-corrected chi connectivity index (χ0v) is 16.0. The van der Waals surface area contributed by atoms with Crippen LogP contribution < -0.4 is 15.5 Å². The molecule has 0 bridgehead atoms. The van der Waals surface area contributed by atoms with E-state index in [9.17, 15) is 4.79 Å². The lowest BCUT2D eigenvalue weighted by Crippen LogP contribution is -2.27. The van der Waals surface area contributed by atoms with Gasteiger partial charge in [-0.2, -0.15) is 0 Å².